The Balaban J connectivity index is 1.52. The second-order valence-corrected chi connectivity index (χ2v) is 9.02. The van der Waals surface area contributed by atoms with E-state index in [4.69, 9.17) is 9.15 Å². The van der Waals surface area contributed by atoms with Gasteiger partial charge in [0.15, 0.2) is 0 Å². The summed E-state index contributed by atoms with van der Waals surface area (Å²) in [6.45, 7) is 4.20. The second kappa shape index (κ2) is 11.9. The number of carbonyl (C=O) groups excluding carboxylic acids is 1. The minimum absolute atomic E-state index is 0.0403. The molecule has 1 unspecified atom stereocenters. The van der Waals surface area contributed by atoms with Crippen molar-refractivity contribution in [2.75, 3.05) is 11.9 Å². The quantitative estimate of drug-likeness (QED) is 0.111. The Kier molecular flexibility index (Phi) is 8.25. The summed E-state index contributed by atoms with van der Waals surface area (Å²) >= 11 is 1.24. The molecule has 0 aliphatic heterocycles. The molecule has 4 aromatic rings. The molecule has 0 aliphatic carbocycles. The number of nitro groups is 1. The first-order chi connectivity index (χ1) is 18.4. The Labute approximate surface area is 222 Å². The van der Waals surface area contributed by atoms with E-state index in [-0.39, 0.29) is 39.4 Å². The van der Waals surface area contributed by atoms with Crippen LogP contribution >= 0.6 is 11.3 Å². The molecule has 10 nitrogen and oxygen atoms in total. The Morgan fingerprint density at radius 3 is 2.68 bits per heavy atom. The molecule has 38 heavy (non-hydrogen) atoms. The summed E-state index contributed by atoms with van der Waals surface area (Å²) < 4.78 is 11.1. The number of benzene rings is 2. The van der Waals surface area contributed by atoms with Crippen molar-refractivity contribution in [3.63, 3.8) is 0 Å². The number of nitrogens with zero attached hydrogens (tertiary/aromatic N) is 4. The first kappa shape index (κ1) is 26.2. The number of carbonyl (C=O) groups is 1. The number of amides is 1. The molecule has 1 N–H and O–H groups in total. The number of hydrogen-bond acceptors (Lipinski definition) is 9. The van der Waals surface area contributed by atoms with Crippen LogP contribution < -0.4 is 10.1 Å². The first-order valence-corrected chi connectivity index (χ1v) is 12.6. The highest BCUT2D eigenvalue weighted by molar-refractivity contribution is 7.15. The van der Waals surface area contributed by atoms with Crippen LogP contribution in [0.3, 0.4) is 0 Å². The van der Waals surface area contributed by atoms with Crippen LogP contribution in [0.15, 0.2) is 70.7 Å². The molecule has 2 heterocycles. The lowest BCUT2D eigenvalue weighted by Gasteiger charge is -2.10. The maximum Gasteiger partial charge on any atom is 0.284 e. The number of hydrogen-bond donors (Lipinski definition) is 1. The molecule has 2 aromatic carbocycles. The van der Waals surface area contributed by atoms with Gasteiger partial charge < -0.3 is 9.15 Å². The van der Waals surface area contributed by atoms with Crippen molar-refractivity contribution in [2.45, 2.75) is 26.2 Å². The summed E-state index contributed by atoms with van der Waals surface area (Å²) in [6.07, 6.45) is 2.07. The van der Waals surface area contributed by atoms with Gasteiger partial charge in [0.1, 0.15) is 33.9 Å². The molecule has 192 valence electrons. The van der Waals surface area contributed by atoms with Crippen molar-refractivity contribution in [3.05, 3.63) is 92.7 Å². The standard InChI is InChI=1S/C27H23N5O5S/c1-3-21(17-8-6-5-7-9-17)26-30-31-27(38-26)29-25(33)18(16-28)14-20-11-13-24(37-20)22-12-10-19(36-4-2)15-23(22)32(34)35/h5-15,21H,3-4H2,1-2H3,(H,29,31,33)/b18-14-. The molecule has 0 spiro atoms. The third-order valence-corrected chi connectivity index (χ3v) is 6.54. The van der Waals surface area contributed by atoms with Crippen molar-refractivity contribution in [3.8, 4) is 23.1 Å². The van der Waals surface area contributed by atoms with Crippen molar-refractivity contribution in [2.24, 2.45) is 0 Å². The summed E-state index contributed by atoms with van der Waals surface area (Å²) in [6, 6.07) is 19.3. The SMILES string of the molecule is CCOc1ccc(-c2ccc(/C=C(/C#N)C(=O)Nc3nnc(C(CC)c4ccccc4)s3)o2)c([N+](=O)[O-])c1. The number of aromatic nitrogens is 2. The van der Waals surface area contributed by atoms with Gasteiger partial charge in [-0.3, -0.25) is 20.2 Å². The molecule has 4 rings (SSSR count). The van der Waals surface area contributed by atoms with E-state index >= 15 is 0 Å². The van der Waals surface area contributed by atoms with Crippen LogP contribution in [0.25, 0.3) is 17.4 Å². The predicted molar refractivity (Wildman–Crippen MR) is 143 cm³/mol. The monoisotopic (exact) mass is 529 g/mol. The lowest BCUT2D eigenvalue weighted by atomic mass is 9.97. The van der Waals surface area contributed by atoms with Gasteiger partial charge in [0.25, 0.3) is 11.6 Å². The fraction of sp³-hybridized carbons (Fsp3) is 0.185. The molecule has 0 radical (unpaired) electrons. The third-order valence-electron chi connectivity index (χ3n) is 5.59. The largest absolute Gasteiger partial charge is 0.494 e. The Hall–Kier alpha value is -4.82. The summed E-state index contributed by atoms with van der Waals surface area (Å²) in [4.78, 5) is 23.8. The van der Waals surface area contributed by atoms with E-state index in [1.807, 2.05) is 43.3 Å². The number of nitrogens with one attached hydrogen (secondary N) is 1. The van der Waals surface area contributed by atoms with E-state index in [9.17, 15) is 20.2 Å². The van der Waals surface area contributed by atoms with Gasteiger partial charge in [0.05, 0.1) is 23.2 Å². The maximum atomic E-state index is 12.8. The van der Waals surface area contributed by atoms with E-state index in [2.05, 4.69) is 15.5 Å². The van der Waals surface area contributed by atoms with Crippen molar-refractivity contribution < 1.29 is 18.9 Å². The molecule has 0 saturated heterocycles. The van der Waals surface area contributed by atoms with E-state index < -0.39 is 10.8 Å². The molecular weight excluding hydrogens is 506 g/mol. The zero-order valence-electron chi connectivity index (χ0n) is 20.6. The lowest BCUT2D eigenvalue weighted by molar-refractivity contribution is -0.384. The van der Waals surface area contributed by atoms with Gasteiger partial charge in [-0.1, -0.05) is 48.6 Å². The third kappa shape index (κ3) is 5.93. The van der Waals surface area contributed by atoms with Crippen LogP contribution in [0, 0.1) is 21.4 Å². The second-order valence-electron chi connectivity index (χ2n) is 8.01. The topological polar surface area (TPSA) is 144 Å². The fourth-order valence-electron chi connectivity index (χ4n) is 3.82. The van der Waals surface area contributed by atoms with Crippen LogP contribution in [0.1, 0.15) is 42.5 Å². The van der Waals surface area contributed by atoms with Gasteiger partial charge in [-0.2, -0.15) is 5.26 Å². The Morgan fingerprint density at radius 1 is 1.21 bits per heavy atom. The zero-order chi connectivity index (χ0) is 27.1. The van der Waals surface area contributed by atoms with Gasteiger partial charge in [0, 0.05) is 12.0 Å². The van der Waals surface area contributed by atoms with Crippen LogP contribution in [0.2, 0.25) is 0 Å². The van der Waals surface area contributed by atoms with Gasteiger partial charge in [-0.15, -0.1) is 10.2 Å². The highest BCUT2D eigenvalue weighted by Crippen LogP contribution is 2.35. The number of ether oxygens (including phenoxy) is 1. The number of anilines is 1. The van der Waals surface area contributed by atoms with Crippen molar-refractivity contribution in [1.29, 1.82) is 5.26 Å². The van der Waals surface area contributed by atoms with Crippen LogP contribution in [0.5, 0.6) is 5.75 Å². The smallest absolute Gasteiger partial charge is 0.284 e. The van der Waals surface area contributed by atoms with Gasteiger partial charge in [-0.25, -0.2) is 0 Å². The molecule has 1 amide bonds. The highest BCUT2D eigenvalue weighted by Gasteiger charge is 2.21. The van der Waals surface area contributed by atoms with E-state index in [1.54, 1.807) is 13.0 Å². The maximum absolute atomic E-state index is 12.8. The van der Waals surface area contributed by atoms with E-state index in [1.165, 1.54) is 41.7 Å². The van der Waals surface area contributed by atoms with Crippen molar-refractivity contribution >= 4 is 34.1 Å². The average molecular weight is 530 g/mol. The van der Waals surface area contributed by atoms with Gasteiger partial charge in [-0.05, 0) is 43.2 Å². The average Bonchev–Trinajstić information content (AvgIpc) is 3.58. The Bertz CT molecular complexity index is 1520. The highest BCUT2D eigenvalue weighted by atomic mass is 32.1. The Morgan fingerprint density at radius 2 is 2.00 bits per heavy atom. The van der Waals surface area contributed by atoms with Gasteiger partial charge >= 0.3 is 0 Å². The minimum atomic E-state index is -0.673. The number of nitriles is 1. The predicted octanol–water partition coefficient (Wildman–Crippen LogP) is 6.19. The van der Waals surface area contributed by atoms with Crippen molar-refractivity contribution in [1.82, 2.24) is 10.2 Å². The molecule has 11 heteroatoms. The van der Waals surface area contributed by atoms with Crippen LogP contribution in [0.4, 0.5) is 10.8 Å². The number of furan rings is 1. The minimum Gasteiger partial charge on any atom is -0.494 e. The summed E-state index contributed by atoms with van der Waals surface area (Å²) in [7, 11) is 0. The fourth-order valence-corrected chi connectivity index (χ4v) is 4.77. The first-order valence-electron chi connectivity index (χ1n) is 11.8. The zero-order valence-corrected chi connectivity index (χ0v) is 21.4. The number of nitro benzene ring substituents is 1. The summed E-state index contributed by atoms with van der Waals surface area (Å²) in [5.74, 6) is 0.130. The lowest BCUT2D eigenvalue weighted by Crippen LogP contribution is -2.13. The molecule has 0 bridgehead atoms. The van der Waals surface area contributed by atoms with E-state index in [0.717, 1.165) is 17.0 Å². The normalized spacial score (nSPS) is 12.0. The van der Waals surface area contributed by atoms with Gasteiger partial charge in [0.2, 0.25) is 5.13 Å². The van der Waals surface area contributed by atoms with Crippen LogP contribution in [-0.4, -0.2) is 27.6 Å². The van der Waals surface area contributed by atoms with Crippen LogP contribution in [-0.2, 0) is 4.79 Å². The molecule has 0 saturated carbocycles. The number of rotatable bonds is 10. The summed E-state index contributed by atoms with van der Waals surface area (Å²) in [5, 5.41) is 33.1. The summed E-state index contributed by atoms with van der Waals surface area (Å²) in [5.41, 5.74) is 0.931. The molecule has 0 fully saturated rings. The molecular formula is C27H23N5O5S. The molecule has 1 atom stereocenters. The van der Waals surface area contributed by atoms with E-state index in [0.29, 0.717) is 12.4 Å². The molecule has 0 aliphatic rings. The molecule has 2 aromatic heterocycles.